The highest BCUT2D eigenvalue weighted by Gasteiger charge is 2.27. The summed E-state index contributed by atoms with van der Waals surface area (Å²) in [7, 11) is 1.67. The van der Waals surface area contributed by atoms with Gasteiger partial charge in [0.05, 0.1) is 6.54 Å². The average molecular weight is 234 g/mol. The van der Waals surface area contributed by atoms with Crippen LogP contribution in [-0.2, 0) is 9.59 Å². The molecule has 1 aliphatic heterocycles. The standard InChI is InChI=1S/C11H14N4O2/c1-15(9-4-2-3-5-12-9)11(17)8-6-14-10(16)7-13-8/h2-5,8,13H,6-7H2,1H3,(H,14,16). The van der Waals surface area contributed by atoms with Gasteiger partial charge < -0.3 is 5.32 Å². The van der Waals surface area contributed by atoms with E-state index in [4.69, 9.17) is 0 Å². The molecule has 0 bridgehead atoms. The van der Waals surface area contributed by atoms with Crippen LogP contribution in [-0.4, -0.2) is 43.0 Å². The monoisotopic (exact) mass is 234 g/mol. The molecule has 0 aromatic carbocycles. The summed E-state index contributed by atoms with van der Waals surface area (Å²) in [5.41, 5.74) is 0. The van der Waals surface area contributed by atoms with Gasteiger partial charge in [0, 0.05) is 19.8 Å². The van der Waals surface area contributed by atoms with Gasteiger partial charge in [-0.3, -0.25) is 19.8 Å². The van der Waals surface area contributed by atoms with E-state index >= 15 is 0 Å². The molecule has 1 aromatic heterocycles. The summed E-state index contributed by atoms with van der Waals surface area (Å²) in [6, 6.07) is 4.99. The average Bonchev–Trinajstić information content (AvgIpc) is 2.39. The van der Waals surface area contributed by atoms with Crippen LogP contribution in [0.4, 0.5) is 5.82 Å². The number of hydrogen-bond donors (Lipinski definition) is 2. The molecule has 1 saturated heterocycles. The Morgan fingerprint density at radius 1 is 1.53 bits per heavy atom. The smallest absolute Gasteiger partial charge is 0.246 e. The van der Waals surface area contributed by atoms with Crippen LogP contribution < -0.4 is 15.5 Å². The van der Waals surface area contributed by atoms with Gasteiger partial charge in [-0.2, -0.15) is 0 Å². The first-order valence-corrected chi connectivity index (χ1v) is 5.37. The molecule has 1 fully saturated rings. The first-order chi connectivity index (χ1) is 8.18. The highest BCUT2D eigenvalue weighted by molar-refractivity contribution is 5.97. The topological polar surface area (TPSA) is 74.3 Å². The van der Waals surface area contributed by atoms with Crippen LogP contribution in [0.3, 0.4) is 0 Å². The number of carbonyl (C=O) groups is 2. The molecule has 6 nitrogen and oxygen atoms in total. The van der Waals surface area contributed by atoms with Gasteiger partial charge >= 0.3 is 0 Å². The Hall–Kier alpha value is -1.95. The quantitative estimate of drug-likeness (QED) is 0.698. The van der Waals surface area contributed by atoms with Crippen molar-refractivity contribution < 1.29 is 9.59 Å². The van der Waals surface area contributed by atoms with E-state index in [-0.39, 0.29) is 24.4 Å². The number of nitrogens with zero attached hydrogens (tertiary/aromatic N) is 2. The second-order valence-electron chi connectivity index (χ2n) is 3.82. The fourth-order valence-corrected chi connectivity index (χ4v) is 1.64. The number of nitrogens with one attached hydrogen (secondary N) is 2. The molecule has 2 N–H and O–H groups in total. The molecule has 90 valence electrons. The molecule has 1 atom stereocenters. The van der Waals surface area contributed by atoms with Crippen LogP contribution in [0, 0.1) is 0 Å². The third-order valence-electron chi connectivity index (χ3n) is 2.63. The molecule has 2 rings (SSSR count). The lowest BCUT2D eigenvalue weighted by molar-refractivity contribution is -0.125. The van der Waals surface area contributed by atoms with E-state index in [9.17, 15) is 9.59 Å². The minimum Gasteiger partial charge on any atom is -0.353 e. The van der Waals surface area contributed by atoms with Crippen LogP contribution in [0.2, 0.25) is 0 Å². The highest BCUT2D eigenvalue weighted by atomic mass is 16.2. The Labute approximate surface area is 99.0 Å². The van der Waals surface area contributed by atoms with Crippen LogP contribution in [0.1, 0.15) is 0 Å². The number of piperazine rings is 1. The molecule has 1 aliphatic rings. The zero-order valence-corrected chi connectivity index (χ0v) is 9.51. The number of aromatic nitrogens is 1. The number of carbonyl (C=O) groups excluding carboxylic acids is 2. The predicted molar refractivity (Wildman–Crippen MR) is 62.4 cm³/mol. The molecule has 0 spiro atoms. The van der Waals surface area contributed by atoms with Gasteiger partial charge in [-0.1, -0.05) is 6.07 Å². The Bertz CT molecular complexity index is 411. The van der Waals surface area contributed by atoms with Gasteiger partial charge in [-0.05, 0) is 12.1 Å². The molecular formula is C11H14N4O2. The molecule has 6 heteroatoms. The van der Waals surface area contributed by atoms with Crippen molar-refractivity contribution in [1.29, 1.82) is 0 Å². The maximum atomic E-state index is 12.1. The van der Waals surface area contributed by atoms with Crippen LogP contribution in [0.15, 0.2) is 24.4 Å². The van der Waals surface area contributed by atoms with Gasteiger partial charge in [0.15, 0.2) is 0 Å². The van der Waals surface area contributed by atoms with Crippen molar-refractivity contribution in [2.24, 2.45) is 0 Å². The second-order valence-corrected chi connectivity index (χ2v) is 3.82. The van der Waals surface area contributed by atoms with Gasteiger partial charge in [0.2, 0.25) is 11.8 Å². The molecular weight excluding hydrogens is 220 g/mol. The minimum atomic E-state index is -0.389. The Morgan fingerprint density at radius 2 is 2.35 bits per heavy atom. The summed E-state index contributed by atoms with van der Waals surface area (Å²) in [4.78, 5) is 28.6. The molecule has 1 unspecified atom stereocenters. The number of hydrogen-bond acceptors (Lipinski definition) is 4. The second kappa shape index (κ2) is 4.92. The van der Waals surface area contributed by atoms with Crippen molar-refractivity contribution in [3.8, 4) is 0 Å². The van der Waals surface area contributed by atoms with E-state index in [0.29, 0.717) is 12.4 Å². The molecule has 2 amide bonds. The van der Waals surface area contributed by atoms with Crippen molar-refractivity contribution >= 4 is 17.6 Å². The molecule has 1 aromatic rings. The van der Waals surface area contributed by atoms with E-state index in [1.807, 2.05) is 6.07 Å². The molecule has 17 heavy (non-hydrogen) atoms. The van der Waals surface area contributed by atoms with E-state index in [1.54, 1.807) is 25.4 Å². The Balaban J connectivity index is 2.03. The maximum absolute atomic E-state index is 12.1. The number of rotatable bonds is 2. The first-order valence-electron chi connectivity index (χ1n) is 5.37. The van der Waals surface area contributed by atoms with Gasteiger partial charge in [-0.25, -0.2) is 4.98 Å². The zero-order valence-electron chi connectivity index (χ0n) is 9.51. The molecule has 0 saturated carbocycles. The number of amides is 2. The summed E-state index contributed by atoms with van der Waals surface area (Å²) in [6.45, 7) is 0.487. The fourth-order valence-electron chi connectivity index (χ4n) is 1.64. The van der Waals surface area contributed by atoms with E-state index in [2.05, 4.69) is 15.6 Å². The highest BCUT2D eigenvalue weighted by Crippen LogP contribution is 2.08. The molecule has 0 aliphatic carbocycles. The van der Waals surface area contributed by atoms with Crippen LogP contribution >= 0.6 is 0 Å². The zero-order chi connectivity index (χ0) is 12.3. The van der Waals surface area contributed by atoms with E-state index < -0.39 is 0 Å². The van der Waals surface area contributed by atoms with Crippen molar-refractivity contribution in [3.05, 3.63) is 24.4 Å². The van der Waals surface area contributed by atoms with Crippen molar-refractivity contribution in [3.63, 3.8) is 0 Å². The Kier molecular flexibility index (Phi) is 3.34. The summed E-state index contributed by atoms with van der Waals surface area (Å²) >= 11 is 0. The normalized spacial score (nSPS) is 19.6. The SMILES string of the molecule is CN(C(=O)C1CNC(=O)CN1)c1ccccn1. The summed E-state index contributed by atoms with van der Waals surface area (Å²) in [5.74, 6) is 0.398. The van der Waals surface area contributed by atoms with Gasteiger partial charge in [0.25, 0.3) is 0 Å². The van der Waals surface area contributed by atoms with Gasteiger partial charge in [0.1, 0.15) is 11.9 Å². The lowest BCUT2D eigenvalue weighted by Gasteiger charge is -2.27. The lowest BCUT2D eigenvalue weighted by atomic mass is 10.2. The third-order valence-corrected chi connectivity index (χ3v) is 2.63. The lowest BCUT2D eigenvalue weighted by Crippen LogP contribution is -2.58. The number of pyridine rings is 1. The summed E-state index contributed by atoms with van der Waals surface area (Å²) in [6.07, 6.45) is 1.63. The maximum Gasteiger partial charge on any atom is 0.246 e. The first kappa shape index (κ1) is 11.5. The van der Waals surface area contributed by atoms with E-state index in [0.717, 1.165) is 0 Å². The third kappa shape index (κ3) is 2.59. The van der Waals surface area contributed by atoms with Crippen molar-refractivity contribution in [2.75, 3.05) is 25.0 Å². The fraction of sp³-hybridized carbons (Fsp3) is 0.364. The number of likely N-dealkylation sites (N-methyl/N-ethyl adjacent to an activating group) is 1. The Morgan fingerprint density at radius 3 is 2.94 bits per heavy atom. The van der Waals surface area contributed by atoms with Gasteiger partial charge in [-0.15, -0.1) is 0 Å². The minimum absolute atomic E-state index is 0.0884. The number of anilines is 1. The van der Waals surface area contributed by atoms with Crippen LogP contribution in [0.5, 0.6) is 0 Å². The largest absolute Gasteiger partial charge is 0.353 e. The van der Waals surface area contributed by atoms with Crippen molar-refractivity contribution in [1.82, 2.24) is 15.6 Å². The molecule has 2 heterocycles. The summed E-state index contributed by atoms with van der Waals surface area (Å²) in [5, 5.41) is 5.54. The van der Waals surface area contributed by atoms with E-state index in [1.165, 1.54) is 4.90 Å². The molecule has 0 radical (unpaired) electrons. The summed E-state index contributed by atoms with van der Waals surface area (Å²) < 4.78 is 0. The van der Waals surface area contributed by atoms with Crippen LogP contribution in [0.25, 0.3) is 0 Å². The van der Waals surface area contributed by atoms with Crippen molar-refractivity contribution in [2.45, 2.75) is 6.04 Å². The predicted octanol–water partition coefficient (Wildman–Crippen LogP) is -0.868.